The van der Waals surface area contributed by atoms with Crippen LogP contribution in [0.25, 0.3) is 10.9 Å². The molecule has 0 saturated heterocycles. The number of rotatable bonds is 6. The van der Waals surface area contributed by atoms with Gasteiger partial charge in [0.15, 0.2) is 11.6 Å². The molecule has 8 nitrogen and oxygen atoms in total. The van der Waals surface area contributed by atoms with E-state index in [1.54, 1.807) is 6.20 Å². The molecule has 144 valence electrons. The molecule has 1 amide bonds. The second kappa shape index (κ2) is 8.22. The van der Waals surface area contributed by atoms with E-state index in [1.807, 2.05) is 60.7 Å². The normalized spacial score (nSPS) is 10.5. The molecule has 4 rings (SSSR count). The molecular formula is C21H19N7O. The highest BCUT2D eigenvalue weighted by molar-refractivity contribution is 5.94. The van der Waals surface area contributed by atoms with Crippen molar-refractivity contribution < 1.29 is 4.79 Å². The molecule has 0 unspecified atom stereocenters. The number of hydrogen-bond acceptors (Lipinski definition) is 7. The zero-order valence-corrected chi connectivity index (χ0v) is 15.5. The first-order valence-corrected chi connectivity index (χ1v) is 9.01. The van der Waals surface area contributed by atoms with Crippen LogP contribution in [-0.4, -0.2) is 20.9 Å². The molecule has 2 heterocycles. The van der Waals surface area contributed by atoms with Crippen LogP contribution in [-0.2, 0) is 11.2 Å². The van der Waals surface area contributed by atoms with Crippen LogP contribution in [0.1, 0.15) is 5.56 Å². The fraction of sp³-hybridized carbons (Fsp3) is 0.0476. The van der Waals surface area contributed by atoms with Gasteiger partial charge in [0.2, 0.25) is 5.91 Å². The summed E-state index contributed by atoms with van der Waals surface area (Å²) >= 11 is 0. The molecule has 0 fully saturated rings. The molecule has 5 N–H and O–H groups in total. The van der Waals surface area contributed by atoms with Gasteiger partial charge in [-0.25, -0.2) is 9.97 Å². The Bertz CT molecular complexity index is 1140. The summed E-state index contributed by atoms with van der Waals surface area (Å²) in [5, 5.41) is 4.16. The summed E-state index contributed by atoms with van der Waals surface area (Å²) < 4.78 is 0. The zero-order chi connectivity index (χ0) is 20.1. The Kier molecular flexibility index (Phi) is 5.15. The fourth-order valence-electron chi connectivity index (χ4n) is 2.89. The first-order chi connectivity index (χ1) is 14.2. The largest absolute Gasteiger partial charge is 0.393 e. The van der Waals surface area contributed by atoms with E-state index in [1.165, 1.54) is 6.33 Å². The summed E-state index contributed by atoms with van der Waals surface area (Å²) in [7, 11) is 0. The van der Waals surface area contributed by atoms with Crippen molar-refractivity contribution in [2.45, 2.75) is 6.42 Å². The molecule has 0 aliphatic carbocycles. The average molecular weight is 385 g/mol. The van der Waals surface area contributed by atoms with Crippen molar-refractivity contribution in [2.75, 3.05) is 16.5 Å². The van der Waals surface area contributed by atoms with E-state index in [2.05, 4.69) is 31.1 Å². The number of hydrogen-bond donors (Lipinski definition) is 4. The molecular weight excluding hydrogens is 366 g/mol. The summed E-state index contributed by atoms with van der Waals surface area (Å²) in [5.74, 6) is 0.530. The first-order valence-electron chi connectivity index (χ1n) is 9.01. The van der Waals surface area contributed by atoms with Crippen molar-refractivity contribution in [3.63, 3.8) is 0 Å². The Morgan fingerprint density at radius 1 is 0.897 bits per heavy atom. The number of carbonyl (C=O) groups excluding carboxylic acids is 1. The lowest BCUT2D eigenvalue weighted by Gasteiger charge is -2.14. The predicted octanol–water partition coefficient (Wildman–Crippen LogP) is 3.04. The summed E-state index contributed by atoms with van der Waals surface area (Å²) in [4.78, 5) is 24.8. The summed E-state index contributed by atoms with van der Waals surface area (Å²) in [6.45, 7) is 0. The van der Waals surface area contributed by atoms with E-state index in [-0.39, 0.29) is 18.0 Å². The number of aromatic nitrogens is 3. The number of amides is 1. The van der Waals surface area contributed by atoms with Crippen molar-refractivity contribution in [1.29, 1.82) is 0 Å². The lowest BCUT2D eigenvalue weighted by molar-refractivity contribution is -0.119. The Morgan fingerprint density at radius 2 is 1.72 bits per heavy atom. The number of anilines is 4. The lowest BCUT2D eigenvalue weighted by atomic mass is 10.1. The van der Waals surface area contributed by atoms with Crippen LogP contribution in [0.2, 0.25) is 0 Å². The SMILES string of the molecule is Nc1c(NNC(=O)Cc2ccccc2)ncnc1Nc1cccc2ncccc12. The standard InChI is InChI=1S/C21H19N7O/c22-19-20(26-17-10-4-9-16-15(17)8-5-11-23-16)24-13-25-21(19)28-27-18(29)12-14-6-2-1-3-7-14/h1-11,13H,12,22H2,(H,27,29)(H2,24,25,26,28). The molecule has 2 aromatic carbocycles. The Morgan fingerprint density at radius 3 is 2.59 bits per heavy atom. The molecule has 29 heavy (non-hydrogen) atoms. The van der Waals surface area contributed by atoms with Crippen molar-refractivity contribution in [1.82, 2.24) is 20.4 Å². The van der Waals surface area contributed by atoms with Gasteiger partial charge in [-0.2, -0.15) is 0 Å². The Balaban J connectivity index is 1.48. The number of pyridine rings is 1. The van der Waals surface area contributed by atoms with Crippen molar-refractivity contribution in [3.8, 4) is 0 Å². The van der Waals surface area contributed by atoms with Crippen LogP contribution in [0.5, 0.6) is 0 Å². The highest BCUT2D eigenvalue weighted by Gasteiger charge is 2.11. The lowest BCUT2D eigenvalue weighted by Crippen LogP contribution is -2.31. The van der Waals surface area contributed by atoms with Gasteiger partial charge in [-0.1, -0.05) is 36.4 Å². The van der Waals surface area contributed by atoms with Gasteiger partial charge < -0.3 is 11.1 Å². The van der Waals surface area contributed by atoms with E-state index in [9.17, 15) is 4.79 Å². The van der Waals surface area contributed by atoms with Gasteiger partial charge in [0.05, 0.1) is 11.9 Å². The summed E-state index contributed by atoms with van der Waals surface area (Å²) in [6, 6.07) is 19.0. The maximum Gasteiger partial charge on any atom is 0.242 e. The average Bonchev–Trinajstić information content (AvgIpc) is 2.75. The number of nitrogens with one attached hydrogen (secondary N) is 3. The molecule has 0 saturated carbocycles. The van der Waals surface area contributed by atoms with Crippen molar-refractivity contribution in [3.05, 3.63) is 78.8 Å². The number of benzene rings is 2. The third-order valence-corrected chi connectivity index (χ3v) is 4.31. The van der Waals surface area contributed by atoms with E-state index in [4.69, 9.17) is 5.73 Å². The second-order valence-corrected chi connectivity index (χ2v) is 6.32. The number of nitrogens with two attached hydrogens (primary N) is 1. The second-order valence-electron chi connectivity index (χ2n) is 6.32. The molecule has 0 aliphatic heterocycles. The highest BCUT2D eigenvalue weighted by atomic mass is 16.2. The van der Waals surface area contributed by atoms with Crippen LogP contribution < -0.4 is 21.9 Å². The number of nitrogens with zero attached hydrogens (tertiary/aromatic N) is 3. The number of nitrogen functional groups attached to an aromatic ring is 1. The minimum absolute atomic E-state index is 0.205. The third kappa shape index (κ3) is 4.22. The predicted molar refractivity (Wildman–Crippen MR) is 113 cm³/mol. The fourth-order valence-corrected chi connectivity index (χ4v) is 2.89. The number of carbonyl (C=O) groups is 1. The number of hydrazine groups is 1. The monoisotopic (exact) mass is 385 g/mol. The number of fused-ring (bicyclic) bond motifs is 1. The van der Waals surface area contributed by atoms with Crippen molar-refractivity contribution >= 4 is 39.8 Å². The molecule has 2 aromatic heterocycles. The zero-order valence-electron chi connectivity index (χ0n) is 15.5. The van der Waals surface area contributed by atoms with E-state index in [0.717, 1.165) is 22.2 Å². The van der Waals surface area contributed by atoms with E-state index >= 15 is 0 Å². The van der Waals surface area contributed by atoms with Crippen LogP contribution in [0.3, 0.4) is 0 Å². The van der Waals surface area contributed by atoms with Gasteiger partial charge in [-0.05, 0) is 29.8 Å². The molecule has 0 radical (unpaired) electrons. The first kappa shape index (κ1) is 18.2. The minimum Gasteiger partial charge on any atom is -0.393 e. The van der Waals surface area contributed by atoms with Gasteiger partial charge >= 0.3 is 0 Å². The van der Waals surface area contributed by atoms with Crippen molar-refractivity contribution in [2.24, 2.45) is 0 Å². The highest BCUT2D eigenvalue weighted by Crippen LogP contribution is 2.29. The van der Waals surface area contributed by atoms with Gasteiger partial charge in [-0.15, -0.1) is 0 Å². The summed E-state index contributed by atoms with van der Waals surface area (Å²) in [5.41, 5.74) is 14.5. The van der Waals surface area contributed by atoms with Gasteiger partial charge in [-0.3, -0.25) is 20.6 Å². The van der Waals surface area contributed by atoms with Gasteiger partial charge in [0, 0.05) is 17.3 Å². The maximum absolute atomic E-state index is 12.1. The minimum atomic E-state index is -0.205. The Labute approximate surface area is 167 Å². The van der Waals surface area contributed by atoms with E-state index < -0.39 is 0 Å². The maximum atomic E-state index is 12.1. The molecule has 0 atom stereocenters. The van der Waals surface area contributed by atoms with Crippen LogP contribution >= 0.6 is 0 Å². The molecule has 0 bridgehead atoms. The molecule has 0 aliphatic rings. The van der Waals surface area contributed by atoms with Crippen LogP contribution in [0, 0.1) is 0 Å². The summed E-state index contributed by atoms with van der Waals surface area (Å²) in [6.07, 6.45) is 3.35. The van der Waals surface area contributed by atoms with Crippen LogP contribution in [0.15, 0.2) is 73.2 Å². The van der Waals surface area contributed by atoms with Gasteiger partial charge in [0.25, 0.3) is 0 Å². The molecule has 4 aromatic rings. The smallest absolute Gasteiger partial charge is 0.242 e. The van der Waals surface area contributed by atoms with Gasteiger partial charge in [0.1, 0.15) is 12.0 Å². The van der Waals surface area contributed by atoms with Crippen LogP contribution in [0.4, 0.5) is 23.0 Å². The topological polar surface area (TPSA) is 118 Å². The quantitative estimate of drug-likeness (QED) is 0.377. The molecule has 0 spiro atoms. The van der Waals surface area contributed by atoms with E-state index in [0.29, 0.717) is 11.6 Å². The third-order valence-electron chi connectivity index (χ3n) is 4.31. The Hall–Kier alpha value is -4.20. The molecule has 8 heteroatoms.